The highest BCUT2D eigenvalue weighted by Crippen LogP contribution is 2.37. The van der Waals surface area contributed by atoms with E-state index in [9.17, 15) is 9.59 Å². The van der Waals surface area contributed by atoms with E-state index in [2.05, 4.69) is 9.97 Å². The highest BCUT2D eigenvalue weighted by Gasteiger charge is 2.32. The van der Waals surface area contributed by atoms with E-state index < -0.39 is 11.9 Å². The Morgan fingerprint density at radius 2 is 2.05 bits per heavy atom. The van der Waals surface area contributed by atoms with Gasteiger partial charge in [-0.25, -0.2) is 9.97 Å². The summed E-state index contributed by atoms with van der Waals surface area (Å²) in [5.74, 6) is -0.337. The number of halogens is 1. The lowest BCUT2D eigenvalue weighted by Crippen LogP contribution is -2.30. The van der Waals surface area contributed by atoms with Crippen LogP contribution in [0, 0.1) is 5.92 Å². The van der Waals surface area contributed by atoms with Crippen molar-refractivity contribution in [2.24, 2.45) is 5.92 Å². The number of hydrogen-bond acceptors (Lipinski definition) is 4. The van der Waals surface area contributed by atoms with Crippen molar-refractivity contribution in [3.8, 4) is 0 Å². The first-order valence-electron chi connectivity index (χ1n) is 6.50. The van der Waals surface area contributed by atoms with Crippen LogP contribution in [0.3, 0.4) is 0 Å². The van der Waals surface area contributed by atoms with Gasteiger partial charge in [-0.1, -0.05) is 0 Å². The zero-order valence-electron chi connectivity index (χ0n) is 10.9. The number of carbonyl (C=O) groups excluding carboxylic acids is 1. The molecule has 1 aliphatic heterocycles. The molecule has 1 amide bonds. The van der Waals surface area contributed by atoms with E-state index in [1.165, 1.54) is 0 Å². The molecular formula is C13H16ClN3O3. The highest BCUT2D eigenvalue weighted by molar-refractivity contribution is 5.92. The number of likely N-dealkylation sites (tertiary alicyclic amines) is 1. The minimum absolute atomic E-state index is 0. The van der Waals surface area contributed by atoms with E-state index in [-0.39, 0.29) is 24.9 Å². The normalized spacial score (nSPS) is 21.4. The van der Waals surface area contributed by atoms with Gasteiger partial charge in [0.15, 0.2) is 0 Å². The van der Waals surface area contributed by atoms with Crippen LogP contribution in [0.2, 0.25) is 0 Å². The van der Waals surface area contributed by atoms with Crippen molar-refractivity contribution >= 4 is 24.3 Å². The number of amides is 1. The van der Waals surface area contributed by atoms with Gasteiger partial charge in [0.2, 0.25) is 0 Å². The van der Waals surface area contributed by atoms with Crippen LogP contribution in [0.1, 0.15) is 41.5 Å². The number of carbonyl (C=O) groups is 2. The summed E-state index contributed by atoms with van der Waals surface area (Å²) in [4.78, 5) is 33.2. The first kappa shape index (κ1) is 14.7. The van der Waals surface area contributed by atoms with Crippen molar-refractivity contribution in [2.75, 3.05) is 13.1 Å². The van der Waals surface area contributed by atoms with Crippen molar-refractivity contribution in [3.05, 3.63) is 23.8 Å². The molecular weight excluding hydrogens is 282 g/mol. The second-order valence-electron chi connectivity index (χ2n) is 5.15. The van der Waals surface area contributed by atoms with E-state index in [1.807, 2.05) is 0 Å². The van der Waals surface area contributed by atoms with Crippen LogP contribution in [0.15, 0.2) is 12.3 Å². The second-order valence-corrected chi connectivity index (χ2v) is 5.15. The third-order valence-electron chi connectivity index (χ3n) is 3.66. The van der Waals surface area contributed by atoms with Crippen LogP contribution >= 0.6 is 12.4 Å². The van der Waals surface area contributed by atoms with Gasteiger partial charge in [0.05, 0.1) is 5.92 Å². The number of rotatable bonds is 3. The Labute approximate surface area is 122 Å². The van der Waals surface area contributed by atoms with Crippen molar-refractivity contribution in [3.63, 3.8) is 0 Å². The van der Waals surface area contributed by atoms with E-state index >= 15 is 0 Å². The Bertz CT molecular complexity index is 533. The Kier molecular flexibility index (Phi) is 4.23. The van der Waals surface area contributed by atoms with Crippen LogP contribution in [0.5, 0.6) is 0 Å². The maximum atomic E-state index is 12.3. The standard InChI is InChI=1S/C13H15N3O3.ClH/c17-12(16-6-4-9(7-16)13(18)19)10-3-5-14-11(15-10)8-1-2-8;/h3,5,8-9H,1-2,4,6-7H2,(H,18,19);1H. The molecule has 6 nitrogen and oxygen atoms in total. The Morgan fingerprint density at radius 1 is 1.30 bits per heavy atom. The van der Waals surface area contributed by atoms with Gasteiger partial charge >= 0.3 is 5.97 Å². The molecule has 1 saturated heterocycles. The molecule has 0 aromatic carbocycles. The zero-order valence-corrected chi connectivity index (χ0v) is 11.7. The predicted octanol–water partition coefficient (Wildman–Crippen LogP) is 1.32. The summed E-state index contributed by atoms with van der Waals surface area (Å²) in [7, 11) is 0. The lowest BCUT2D eigenvalue weighted by molar-refractivity contribution is -0.141. The van der Waals surface area contributed by atoms with Gasteiger partial charge in [0.25, 0.3) is 5.91 Å². The molecule has 0 bridgehead atoms. The number of aromatic nitrogens is 2. The molecule has 1 aromatic rings. The summed E-state index contributed by atoms with van der Waals surface area (Å²) in [6, 6.07) is 1.60. The minimum atomic E-state index is -0.836. The van der Waals surface area contributed by atoms with Crippen molar-refractivity contribution in [2.45, 2.75) is 25.2 Å². The fourth-order valence-corrected chi connectivity index (χ4v) is 2.34. The molecule has 0 radical (unpaired) electrons. The van der Waals surface area contributed by atoms with E-state index in [4.69, 9.17) is 5.11 Å². The molecule has 20 heavy (non-hydrogen) atoms. The topological polar surface area (TPSA) is 83.4 Å². The summed E-state index contributed by atoms with van der Waals surface area (Å²) >= 11 is 0. The van der Waals surface area contributed by atoms with Crippen molar-refractivity contribution in [1.82, 2.24) is 14.9 Å². The van der Waals surface area contributed by atoms with Gasteiger partial charge in [-0.05, 0) is 25.3 Å². The monoisotopic (exact) mass is 297 g/mol. The number of aliphatic carboxylic acids is 1. The number of carboxylic acid groups (broad SMARTS) is 1. The summed E-state index contributed by atoms with van der Waals surface area (Å²) in [6.45, 7) is 0.759. The predicted molar refractivity (Wildman–Crippen MR) is 72.9 cm³/mol. The second kappa shape index (κ2) is 5.75. The molecule has 2 heterocycles. The first-order valence-corrected chi connectivity index (χ1v) is 6.50. The van der Waals surface area contributed by atoms with Crippen molar-refractivity contribution < 1.29 is 14.7 Å². The number of hydrogen-bond donors (Lipinski definition) is 1. The van der Waals surface area contributed by atoms with Crippen LogP contribution < -0.4 is 0 Å². The van der Waals surface area contributed by atoms with E-state index in [1.54, 1.807) is 17.2 Å². The Balaban J connectivity index is 0.00000147. The summed E-state index contributed by atoms with van der Waals surface area (Å²) in [5.41, 5.74) is 0.378. The quantitative estimate of drug-likeness (QED) is 0.910. The molecule has 3 rings (SSSR count). The fraction of sp³-hybridized carbons (Fsp3) is 0.538. The molecule has 7 heteroatoms. The lowest BCUT2D eigenvalue weighted by atomic mass is 10.1. The third-order valence-corrected chi connectivity index (χ3v) is 3.66. The smallest absolute Gasteiger partial charge is 0.308 e. The summed E-state index contributed by atoms with van der Waals surface area (Å²) in [5, 5.41) is 8.94. The van der Waals surface area contributed by atoms with Gasteiger partial charge in [-0.2, -0.15) is 0 Å². The van der Waals surface area contributed by atoms with E-state index in [0.717, 1.165) is 18.7 Å². The molecule has 1 N–H and O–H groups in total. The molecule has 108 valence electrons. The first-order chi connectivity index (χ1) is 9.15. The molecule has 0 spiro atoms. The van der Waals surface area contributed by atoms with Crippen LogP contribution in [-0.4, -0.2) is 44.9 Å². The molecule has 1 aromatic heterocycles. The minimum Gasteiger partial charge on any atom is -0.481 e. The van der Waals surface area contributed by atoms with Gasteiger partial charge < -0.3 is 10.0 Å². The fourth-order valence-electron chi connectivity index (χ4n) is 2.34. The molecule has 2 fully saturated rings. The molecule has 2 aliphatic rings. The third kappa shape index (κ3) is 2.90. The van der Waals surface area contributed by atoms with Gasteiger partial charge in [0, 0.05) is 25.2 Å². The highest BCUT2D eigenvalue weighted by atomic mass is 35.5. The van der Waals surface area contributed by atoms with Crippen molar-refractivity contribution in [1.29, 1.82) is 0 Å². The van der Waals surface area contributed by atoms with Gasteiger partial charge in [-0.15, -0.1) is 12.4 Å². The average Bonchev–Trinajstić information content (AvgIpc) is 3.15. The lowest BCUT2D eigenvalue weighted by Gasteiger charge is -2.15. The van der Waals surface area contributed by atoms with Gasteiger partial charge in [0.1, 0.15) is 11.5 Å². The molecule has 1 atom stereocenters. The maximum Gasteiger partial charge on any atom is 0.308 e. The molecule has 1 aliphatic carbocycles. The Hall–Kier alpha value is -1.69. The molecule has 1 saturated carbocycles. The average molecular weight is 298 g/mol. The molecule has 1 unspecified atom stereocenters. The summed E-state index contributed by atoms with van der Waals surface area (Å²) < 4.78 is 0. The largest absolute Gasteiger partial charge is 0.481 e. The number of carboxylic acids is 1. The Morgan fingerprint density at radius 3 is 2.65 bits per heavy atom. The zero-order chi connectivity index (χ0) is 13.4. The maximum absolute atomic E-state index is 12.3. The SMILES string of the molecule is Cl.O=C(O)C1CCN(C(=O)c2ccnc(C3CC3)n2)C1. The van der Waals surface area contributed by atoms with Crippen LogP contribution in [0.4, 0.5) is 0 Å². The number of nitrogens with zero attached hydrogens (tertiary/aromatic N) is 3. The van der Waals surface area contributed by atoms with Crippen LogP contribution in [-0.2, 0) is 4.79 Å². The van der Waals surface area contributed by atoms with E-state index in [0.29, 0.717) is 24.6 Å². The van der Waals surface area contributed by atoms with Crippen LogP contribution in [0.25, 0.3) is 0 Å². The van der Waals surface area contributed by atoms with Gasteiger partial charge in [-0.3, -0.25) is 9.59 Å². The summed E-state index contributed by atoms with van der Waals surface area (Å²) in [6.07, 6.45) is 4.30.